The number of thiophene rings is 1. The normalized spacial score (nSPS) is 23.6. The molecule has 8 heteroatoms. The summed E-state index contributed by atoms with van der Waals surface area (Å²) in [6.45, 7) is 13.8. The fourth-order valence-corrected chi connectivity index (χ4v) is 5.56. The number of carbonyl (C=O) groups is 2. The van der Waals surface area contributed by atoms with Crippen LogP contribution in [0.4, 0.5) is 5.00 Å². The van der Waals surface area contributed by atoms with E-state index in [9.17, 15) is 9.59 Å². The summed E-state index contributed by atoms with van der Waals surface area (Å²) < 4.78 is 11.0. The number of hydrogen-bond acceptors (Lipinski definition) is 7. The molecule has 0 radical (unpaired) electrons. The quantitative estimate of drug-likeness (QED) is 0.612. The molecule has 3 heterocycles. The number of ether oxygens (including phenoxy) is 2. The second-order valence-electron chi connectivity index (χ2n) is 8.77. The van der Waals surface area contributed by atoms with Crippen molar-refractivity contribution in [3.63, 3.8) is 0 Å². The zero-order valence-electron chi connectivity index (χ0n) is 19.3. The third-order valence-electron chi connectivity index (χ3n) is 5.97. The molecule has 2 fully saturated rings. The van der Waals surface area contributed by atoms with Gasteiger partial charge in [-0.05, 0) is 65.1 Å². The third-order valence-corrected chi connectivity index (χ3v) is 7.16. The molecule has 0 saturated carbocycles. The van der Waals surface area contributed by atoms with E-state index in [1.54, 1.807) is 6.92 Å². The van der Waals surface area contributed by atoms with Gasteiger partial charge in [-0.25, -0.2) is 4.79 Å². The van der Waals surface area contributed by atoms with Gasteiger partial charge in [-0.1, -0.05) is 6.92 Å². The molecular weight excluding hydrogens is 414 g/mol. The molecule has 2 aliphatic heterocycles. The van der Waals surface area contributed by atoms with Crippen molar-refractivity contribution in [2.45, 2.75) is 59.2 Å². The molecule has 174 valence electrons. The molecule has 1 amide bonds. The highest BCUT2D eigenvalue weighted by Gasteiger charge is 2.27. The van der Waals surface area contributed by atoms with Gasteiger partial charge in [0, 0.05) is 24.5 Å². The maximum atomic E-state index is 12.7. The average molecular weight is 452 g/mol. The Kier molecular flexibility index (Phi) is 8.89. The van der Waals surface area contributed by atoms with Crippen LogP contribution in [0.2, 0.25) is 0 Å². The fraction of sp³-hybridized carbons (Fsp3) is 0.739. The number of piperidine rings is 1. The van der Waals surface area contributed by atoms with Crippen LogP contribution < -0.4 is 5.32 Å². The third kappa shape index (κ3) is 7.00. The van der Waals surface area contributed by atoms with E-state index in [-0.39, 0.29) is 11.9 Å². The summed E-state index contributed by atoms with van der Waals surface area (Å²) in [6.07, 6.45) is 3.65. The van der Waals surface area contributed by atoms with Gasteiger partial charge < -0.3 is 14.8 Å². The number of anilines is 1. The lowest BCUT2D eigenvalue weighted by Gasteiger charge is -2.39. The van der Waals surface area contributed by atoms with Crippen molar-refractivity contribution >= 4 is 28.2 Å². The van der Waals surface area contributed by atoms with E-state index in [1.807, 2.05) is 13.0 Å². The number of rotatable bonds is 8. The Morgan fingerprint density at radius 3 is 2.45 bits per heavy atom. The largest absolute Gasteiger partial charge is 0.462 e. The highest BCUT2D eigenvalue weighted by molar-refractivity contribution is 7.16. The SMILES string of the molecule is CCOC(=O)c1cc(CC)sc1NC(=O)CN1CCC(CN2CC(C)OC(C)C2)CC1. The molecule has 2 aliphatic rings. The monoisotopic (exact) mass is 451 g/mol. The van der Waals surface area contributed by atoms with Crippen molar-refractivity contribution in [1.82, 2.24) is 9.80 Å². The van der Waals surface area contributed by atoms with Gasteiger partial charge in [-0.3, -0.25) is 14.6 Å². The Morgan fingerprint density at radius 2 is 1.84 bits per heavy atom. The number of nitrogens with one attached hydrogen (secondary N) is 1. The number of esters is 1. The number of aryl methyl sites for hydroxylation is 1. The van der Waals surface area contributed by atoms with Crippen molar-refractivity contribution in [3.8, 4) is 0 Å². The van der Waals surface area contributed by atoms with Crippen molar-refractivity contribution in [1.29, 1.82) is 0 Å². The second-order valence-corrected chi connectivity index (χ2v) is 9.91. The van der Waals surface area contributed by atoms with E-state index in [0.29, 0.717) is 41.8 Å². The molecule has 0 spiro atoms. The lowest BCUT2D eigenvalue weighted by Crippen LogP contribution is -2.48. The van der Waals surface area contributed by atoms with E-state index < -0.39 is 0 Å². The Bertz CT molecular complexity index is 735. The standard InChI is InChI=1S/C23H37N3O4S/c1-5-19-11-20(23(28)29-6-2)22(31-19)24-21(27)15-25-9-7-18(8-10-25)14-26-12-16(3)30-17(4)13-26/h11,16-18H,5-10,12-15H2,1-4H3,(H,24,27). The van der Waals surface area contributed by atoms with E-state index >= 15 is 0 Å². The number of nitrogens with zero attached hydrogens (tertiary/aromatic N) is 2. The molecule has 7 nitrogen and oxygen atoms in total. The van der Waals surface area contributed by atoms with Crippen LogP contribution in [0.25, 0.3) is 0 Å². The Hall–Kier alpha value is -1.48. The molecule has 2 atom stereocenters. The zero-order valence-corrected chi connectivity index (χ0v) is 20.1. The summed E-state index contributed by atoms with van der Waals surface area (Å²) in [4.78, 5) is 30.7. The maximum absolute atomic E-state index is 12.7. The Labute approximate surface area is 190 Å². The predicted octanol–water partition coefficient (Wildman–Crippen LogP) is 3.25. The first kappa shape index (κ1) is 24.2. The van der Waals surface area contributed by atoms with Gasteiger partial charge in [0.15, 0.2) is 0 Å². The van der Waals surface area contributed by atoms with Gasteiger partial charge in [-0.15, -0.1) is 11.3 Å². The van der Waals surface area contributed by atoms with Crippen LogP contribution in [0.3, 0.4) is 0 Å². The second kappa shape index (κ2) is 11.4. The van der Waals surface area contributed by atoms with Crippen LogP contribution in [0, 0.1) is 5.92 Å². The minimum atomic E-state index is -0.374. The molecule has 0 bridgehead atoms. The van der Waals surface area contributed by atoms with Crippen LogP contribution in [-0.2, 0) is 20.7 Å². The summed E-state index contributed by atoms with van der Waals surface area (Å²) >= 11 is 1.46. The van der Waals surface area contributed by atoms with Gasteiger partial charge >= 0.3 is 5.97 Å². The smallest absolute Gasteiger partial charge is 0.341 e. The van der Waals surface area contributed by atoms with E-state index in [1.165, 1.54) is 11.3 Å². The Morgan fingerprint density at radius 1 is 1.16 bits per heavy atom. The fourth-order valence-electron chi connectivity index (χ4n) is 4.56. The predicted molar refractivity (Wildman–Crippen MR) is 124 cm³/mol. The average Bonchev–Trinajstić information content (AvgIpc) is 3.12. The number of hydrogen-bond donors (Lipinski definition) is 1. The lowest BCUT2D eigenvalue weighted by atomic mass is 9.95. The number of amides is 1. The van der Waals surface area contributed by atoms with Crippen molar-refractivity contribution < 1.29 is 19.1 Å². The number of morpholine rings is 1. The van der Waals surface area contributed by atoms with Gasteiger partial charge in [0.05, 0.1) is 30.9 Å². The number of likely N-dealkylation sites (tertiary alicyclic amines) is 1. The van der Waals surface area contributed by atoms with Gasteiger partial charge in [0.25, 0.3) is 0 Å². The minimum Gasteiger partial charge on any atom is -0.462 e. The van der Waals surface area contributed by atoms with Crippen LogP contribution in [0.5, 0.6) is 0 Å². The van der Waals surface area contributed by atoms with Crippen molar-refractivity contribution in [3.05, 3.63) is 16.5 Å². The van der Waals surface area contributed by atoms with E-state index in [4.69, 9.17) is 9.47 Å². The van der Waals surface area contributed by atoms with Gasteiger partial charge in [0.1, 0.15) is 5.00 Å². The van der Waals surface area contributed by atoms with Crippen LogP contribution >= 0.6 is 11.3 Å². The molecule has 0 aromatic carbocycles. The summed E-state index contributed by atoms with van der Waals surface area (Å²) in [6, 6.07) is 1.83. The molecule has 1 N–H and O–H groups in total. The highest BCUT2D eigenvalue weighted by Crippen LogP contribution is 2.29. The summed E-state index contributed by atoms with van der Waals surface area (Å²) in [5, 5.41) is 3.56. The summed E-state index contributed by atoms with van der Waals surface area (Å²) in [5.74, 6) is 0.238. The van der Waals surface area contributed by atoms with E-state index in [2.05, 4.69) is 29.0 Å². The molecule has 1 aromatic heterocycles. The molecule has 2 saturated heterocycles. The highest BCUT2D eigenvalue weighted by atomic mass is 32.1. The minimum absolute atomic E-state index is 0.0654. The number of carbonyl (C=O) groups excluding carboxylic acids is 2. The van der Waals surface area contributed by atoms with Gasteiger partial charge in [0.2, 0.25) is 5.91 Å². The molecular formula is C23H37N3O4S. The van der Waals surface area contributed by atoms with E-state index in [0.717, 1.165) is 56.9 Å². The topological polar surface area (TPSA) is 71.1 Å². The molecule has 2 unspecified atom stereocenters. The van der Waals surface area contributed by atoms with Crippen LogP contribution in [0.15, 0.2) is 6.07 Å². The first-order valence-corrected chi connectivity index (χ1v) is 12.4. The van der Waals surface area contributed by atoms with Crippen LogP contribution in [0.1, 0.15) is 55.8 Å². The molecule has 1 aromatic rings. The van der Waals surface area contributed by atoms with Crippen LogP contribution in [-0.4, -0.2) is 79.8 Å². The molecule has 0 aliphatic carbocycles. The first-order chi connectivity index (χ1) is 14.9. The molecule has 3 rings (SSSR count). The van der Waals surface area contributed by atoms with Gasteiger partial charge in [-0.2, -0.15) is 0 Å². The summed E-state index contributed by atoms with van der Waals surface area (Å²) in [5.41, 5.74) is 0.463. The lowest BCUT2D eigenvalue weighted by molar-refractivity contribution is -0.117. The summed E-state index contributed by atoms with van der Waals surface area (Å²) in [7, 11) is 0. The maximum Gasteiger partial charge on any atom is 0.341 e. The molecule has 31 heavy (non-hydrogen) atoms. The first-order valence-electron chi connectivity index (χ1n) is 11.6. The Balaban J connectivity index is 1.46. The van der Waals surface area contributed by atoms with Crippen molar-refractivity contribution in [2.75, 3.05) is 51.2 Å². The zero-order chi connectivity index (χ0) is 22.4. The van der Waals surface area contributed by atoms with Crippen molar-refractivity contribution in [2.24, 2.45) is 5.92 Å².